The number of carbonyl (C=O) groups excluding carboxylic acids is 2. The fourth-order valence-corrected chi connectivity index (χ4v) is 3.80. The van der Waals surface area contributed by atoms with E-state index in [1.54, 1.807) is 24.0 Å². The fourth-order valence-electron chi connectivity index (χ4n) is 2.75. The van der Waals surface area contributed by atoms with E-state index in [0.717, 1.165) is 18.4 Å². The largest absolute Gasteiger partial charge is 0.490 e. The molecule has 8 heteroatoms. The second kappa shape index (κ2) is 6.96. The molecule has 1 saturated carbocycles. The smallest absolute Gasteiger partial charge is 0.270 e. The van der Waals surface area contributed by atoms with Gasteiger partial charge in [-0.15, -0.1) is 0 Å². The number of primary amides is 1. The Morgan fingerprint density at radius 3 is 2.75 bits per heavy atom. The summed E-state index contributed by atoms with van der Waals surface area (Å²) in [5.74, 6) is 1.37. The summed E-state index contributed by atoms with van der Waals surface area (Å²) in [6, 6.07) is 1.56. The van der Waals surface area contributed by atoms with E-state index in [1.165, 1.54) is 0 Å². The number of alkyl halides is 1. The topological polar surface area (TPSA) is 94.3 Å². The summed E-state index contributed by atoms with van der Waals surface area (Å²) < 4.78 is 17.9. The molecule has 0 unspecified atom stereocenters. The number of ether oxygens (including phenoxy) is 1. The van der Waals surface area contributed by atoms with Gasteiger partial charge in [0.05, 0.1) is 12.0 Å². The number of carbonyl (C=O) groups is 2. The van der Waals surface area contributed by atoms with Crippen molar-refractivity contribution in [2.75, 3.05) is 24.8 Å². The van der Waals surface area contributed by atoms with Gasteiger partial charge in [0.15, 0.2) is 0 Å². The van der Waals surface area contributed by atoms with Gasteiger partial charge >= 0.3 is 0 Å². The van der Waals surface area contributed by atoms with Crippen LogP contribution in [0.3, 0.4) is 0 Å². The molecule has 24 heavy (non-hydrogen) atoms. The number of nitrogens with zero attached hydrogens (tertiary/aromatic N) is 1. The van der Waals surface area contributed by atoms with Gasteiger partial charge in [-0.1, -0.05) is 0 Å². The molecule has 0 spiro atoms. The van der Waals surface area contributed by atoms with Crippen LogP contribution in [0.25, 0.3) is 0 Å². The lowest BCUT2D eigenvalue weighted by Crippen LogP contribution is -2.59. The number of thioether (sulfide) groups is 1. The highest BCUT2D eigenvalue weighted by Crippen LogP contribution is 2.44. The lowest BCUT2D eigenvalue weighted by Gasteiger charge is -2.40. The van der Waals surface area contributed by atoms with E-state index in [0.29, 0.717) is 23.2 Å². The maximum atomic E-state index is 12.5. The molecule has 130 valence electrons. The molecule has 2 amide bonds. The number of halogens is 1. The summed E-state index contributed by atoms with van der Waals surface area (Å²) in [7, 11) is 0. The Morgan fingerprint density at radius 2 is 2.21 bits per heavy atom. The molecule has 0 radical (unpaired) electrons. The summed E-state index contributed by atoms with van der Waals surface area (Å²) in [5, 5.41) is 2.87. The fraction of sp³-hybridized carbons (Fsp3) is 0.562. The number of amides is 2. The van der Waals surface area contributed by atoms with E-state index in [1.807, 2.05) is 0 Å². The number of pyridine rings is 1. The molecule has 0 aromatic carbocycles. The predicted octanol–water partition coefficient (Wildman–Crippen LogP) is 1.40. The van der Waals surface area contributed by atoms with Gasteiger partial charge in [0.1, 0.15) is 24.7 Å². The van der Waals surface area contributed by atoms with E-state index in [-0.39, 0.29) is 24.6 Å². The normalized spacial score (nSPS) is 18.5. The first-order chi connectivity index (χ1) is 11.5. The van der Waals surface area contributed by atoms with Crippen LogP contribution < -0.4 is 15.8 Å². The maximum absolute atomic E-state index is 12.5. The third-order valence-corrected chi connectivity index (χ3v) is 5.64. The molecular formula is C16H20FN3O3S. The number of nitrogens with two attached hydrogens (primary N) is 1. The molecule has 1 aliphatic carbocycles. The standard InChI is InChI=1S/C16H20FN3O3S/c17-3-4-23-13-5-12(19-7-11(13)10-1-2-10)15(22)20-16(6-14(18)21)8-24-9-16/h5,7,10H,1-4,6,8-9H2,(H2,18,21)(H,20,22). The van der Waals surface area contributed by atoms with Gasteiger partial charge in [-0.2, -0.15) is 11.8 Å². The second-order valence-electron chi connectivity index (χ2n) is 6.29. The molecule has 2 aliphatic rings. The number of hydrogen-bond acceptors (Lipinski definition) is 5. The Morgan fingerprint density at radius 1 is 1.46 bits per heavy atom. The molecule has 0 bridgehead atoms. The molecule has 0 atom stereocenters. The molecule has 2 fully saturated rings. The summed E-state index contributed by atoms with van der Waals surface area (Å²) in [6.45, 7) is -0.639. The van der Waals surface area contributed by atoms with E-state index in [4.69, 9.17) is 10.5 Å². The molecule has 1 aromatic rings. The molecular weight excluding hydrogens is 333 g/mol. The number of hydrogen-bond donors (Lipinski definition) is 2. The molecule has 1 aliphatic heterocycles. The van der Waals surface area contributed by atoms with Gasteiger partial charge in [-0.05, 0) is 18.8 Å². The van der Waals surface area contributed by atoms with Crippen molar-refractivity contribution in [3.05, 3.63) is 23.5 Å². The van der Waals surface area contributed by atoms with Crippen LogP contribution >= 0.6 is 11.8 Å². The Labute approximate surface area is 143 Å². The quantitative estimate of drug-likeness (QED) is 0.737. The van der Waals surface area contributed by atoms with Crippen LogP contribution in [0.5, 0.6) is 5.75 Å². The van der Waals surface area contributed by atoms with Crippen LogP contribution in [0.1, 0.15) is 41.2 Å². The first-order valence-electron chi connectivity index (χ1n) is 7.90. The second-order valence-corrected chi connectivity index (χ2v) is 7.28. The number of rotatable bonds is 8. The highest BCUT2D eigenvalue weighted by atomic mass is 32.2. The Hall–Kier alpha value is -1.83. The average molecular weight is 353 g/mol. The monoisotopic (exact) mass is 353 g/mol. The SMILES string of the molecule is NC(=O)CC1(NC(=O)c2cc(OCCF)c(C3CC3)cn2)CSC1. The van der Waals surface area contributed by atoms with Gasteiger partial charge in [0.25, 0.3) is 5.91 Å². The van der Waals surface area contributed by atoms with Crippen molar-refractivity contribution in [2.45, 2.75) is 30.7 Å². The van der Waals surface area contributed by atoms with E-state index < -0.39 is 18.1 Å². The average Bonchev–Trinajstić information content (AvgIpc) is 3.34. The minimum Gasteiger partial charge on any atom is -0.490 e. The first kappa shape index (κ1) is 17.0. The van der Waals surface area contributed by atoms with E-state index in [9.17, 15) is 14.0 Å². The molecule has 6 nitrogen and oxygen atoms in total. The maximum Gasteiger partial charge on any atom is 0.270 e. The van der Waals surface area contributed by atoms with Gasteiger partial charge < -0.3 is 15.8 Å². The van der Waals surface area contributed by atoms with Crippen molar-refractivity contribution in [3.8, 4) is 5.75 Å². The zero-order valence-electron chi connectivity index (χ0n) is 13.2. The highest BCUT2D eigenvalue weighted by Gasteiger charge is 2.41. The minimum absolute atomic E-state index is 0.0486. The van der Waals surface area contributed by atoms with Gasteiger partial charge in [-0.25, -0.2) is 4.39 Å². The van der Waals surface area contributed by atoms with Crippen molar-refractivity contribution in [1.82, 2.24) is 10.3 Å². The molecule has 1 saturated heterocycles. The molecule has 2 heterocycles. The summed E-state index contributed by atoms with van der Waals surface area (Å²) in [6.07, 6.45) is 3.85. The third-order valence-electron chi connectivity index (χ3n) is 4.13. The van der Waals surface area contributed by atoms with Crippen LogP contribution in [0.2, 0.25) is 0 Å². The molecule has 3 rings (SSSR count). The van der Waals surface area contributed by atoms with Crippen LogP contribution in [0, 0.1) is 0 Å². The number of aromatic nitrogens is 1. The van der Waals surface area contributed by atoms with E-state index in [2.05, 4.69) is 10.3 Å². The first-order valence-corrected chi connectivity index (χ1v) is 9.06. The van der Waals surface area contributed by atoms with Gasteiger partial charge in [0.2, 0.25) is 5.91 Å². The van der Waals surface area contributed by atoms with Gasteiger partial charge in [-0.3, -0.25) is 14.6 Å². The van der Waals surface area contributed by atoms with E-state index >= 15 is 0 Å². The van der Waals surface area contributed by atoms with Crippen LogP contribution in [0.15, 0.2) is 12.3 Å². The predicted molar refractivity (Wildman–Crippen MR) is 89.0 cm³/mol. The summed E-state index contributed by atoms with van der Waals surface area (Å²) >= 11 is 1.64. The molecule has 1 aromatic heterocycles. The van der Waals surface area contributed by atoms with Crippen molar-refractivity contribution in [3.63, 3.8) is 0 Å². The zero-order valence-corrected chi connectivity index (χ0v) is 14.0. The van der Waals surface area contributed by atoms with Crippen molar-refractivity contribution in [1.29, 1.82) is 0 Å². The minimum atomic E-state index is -0.593. The highest BCUT2D eigenvalue weighted by molar-refractivity contribution is 8.00. The Kier molecular flexibility index (Phi) is 4.93. The Balaban J connectivity index is 1.75. The van der Waals surface area contributed by atoms with Crippen LogP contribution in [0.4, 0.5) is 4.39 Å². The third kappa shape index (κ3) is 3.80. The van der Waals surface area contributed by atoms with Crippen LogP contribution in [-0.4, -0.2) is 47.1 Å². The van der Waals surface area contributed by atoms with Crippen molar-refractivity contribution >= 4 is 23.6 Å². The van der Waals surface area contributed by atoms with Gasteiger partial charge in [0, 0.05) is 29.3 Å². The lowest BCUT2D eigenvalue weighted by molar-refractivity contribution is -0.119. The summed E-state index contributed by atoms with van der Waals surface area (Å²) in [5.41, 5.74) is 5.80. The Bertz CT molecular complexity index is 647. The number of nitrogens with one attached hydrogen (secondary N) is 1. The van der Waals surface area contributed by atoms with Crippen molar-refractivity contribution in [2.24, 2.45) is 5.73 Å². The van der Waals surface area contributed by atoms with Crippen molar-refractivity contribution < 1.29 is 18.7 Å². The van der Waals surface area contributed by atoms with Crippen LogP contribution in [-0.2, 0) is 4.79 Å². The summed E-state index contributed by atoms with van der Waals surface area (Å²) in [4.78, 5) is 27.9. The lowest BCUT2D eigenvalue weighted by atomic mass is 9.98. The zero-order chi connectivity index (χ0) is 17.2. The molecule has 3 N–H and O–H groups in total.